The molecule has 2 heterocycles. The van der Waals surface area contributed by atoms with E-state index >= 15 is 0 Å². The molecule has 0 saturated heterocycles. The fraction of sp³-hybridized carbons (Fsp3) is 0.208. The van der Waals surface area contributed by atoms with Crippen LogP contribution in [0.3, 0.4) is 0 Å². The van der Waals surface area contributed by atoms with Crippen molar-refractivity contribution in [3.05, 3.63) is 71.6 Å². The number of carbonyl (C=O) groups excluding carboxylic acids is 1. The minimum atomic E-state index is -0.119. The predicted octanol–water partition coefficient (Wildman–Crippen LogP) is 4.05. The number of benzene rings is 2. The van der Waals surface area contributed by atoms with E-state index in [4.69, 9.17) is 5.26 Å². The van der Waals surface area contributed by atoms with Gasteiger partial charge in [0.25, 0.3) is 0 Å². The number of aromatic nitrogens is 3. The van der Waals surface area contributed by atoms with Crippen molar-refractivity contribution in [1.82, 2.24) is 15.0 Å². The van der Waals surface area contributed by atoms with Crippen LogP contribution >= 0.6 is 0 Å². The predicted molar refractivity (Wildman–Crippen MR) is 125 cm³/mol. The minimum absolute atomic E-state index is 0.119. The lowest BCUT2D eigenvalue weighted by Crippen LogP contribution is -2.30. The van der Waals surface area contributed by atoms with Gasteiger partial charge in [-0.15, -0.1) is 0 Å². The monoisotopic (exact) mass is 425 g/mol. The Bertz CT molecular complexity index is 1210. The Kier molecular flexibility index (Phi) is 6.08. The molecule has 32 heavy (non-hydrogen) atoms. The first-order valence-electron chi connectivity index (χ1n) is 10.3. The lowest BCUT2D eigenvalue weighted by atomic mass is 9.99. The molecule has 1 aromatic heterocycles. The summed E-state index contributed by atoms with van der Waals surface area (Å²) in [5.74, 6) is 0.930. The van der Waals surface area contributed by atoms with Crippen LogP contribution in [0.4, 0.5) is 23.3 Å². The zero-order valence-electron chi connectivity index (χ0n) is 18.0. The van der Waals surface area contributed by atoms with Crippen molar-refractivity contribution in [2.45, 2.75) is 20.3 Å². The van der Waals surface area contributed by atoms with Crippen LogP contribution in [-0.4, -0.2) is 33.9 Å². The van der Waals surface area contributed by atoms with Crippen LogP contribution in [0.2, 0.25) is 0 Å². The summed E-state index contributed by atoms with van der Waals surface area (Å²) < 4.78 is 0. The molecule has 1 aliphatic rings. The molecule has 0 saturated carbocycles. The van der Waals surface area contributed by atoms with Gasteiger partial charge in [0.15, 0.2) is 0 Å². The van der Waals surface area contributed by atoms with Crippen LogP contribution in [0.15, 0.2) is 54.9 Å². The molecular weight excluding hydrogens is 402 g/mol. The Morgan fingerprint density at radius 2 is 1.91 bits per heavy atom. The van der Waals surface area contributed by atoms with Gasteiger partial charge in [0, 0.05) is 31.4 Å². The van der Waals surface area contributed by atoms with Gasteiger partial charge in [-0.2, -0.15) is 10.2 Å². The summed E-state index contributed by atoms with van der Waals surface area (Å²) in [6, 6.07) is 15.4. The van der Waals surface area contributed by atoms with E-state index < -0.39 is 0 Å². The first-order chi connectivity index (χ1) is 15.5. The van der Waals surface area contributed by atoms with E-state index in [0.29, 0.717) is 24.0 Å². The molecule has 2 N–H and O–H groups in total. The Labute approximate surface area is 186 Å². The van der Waals surface area contributed by atoms with Gasteiger partial charge in [0.05, 0.1) is 11.6 Å². The van der Waals surface area contributed by atoms with Crippen LogP contribution in [0.1, 0.15) is 30.0 Å². The van der Waals surface area contributed by atoms with Crippen LogP contribution in [0, 0.1) is 18.3 Å². The zero-order valence-corrected chi connectivity index (χ0v) is 18.0. The number of carbonyl (C=O) groups is 1. The maximum absolute atomic E-state index is 11.4. The highest BCUT2D eigenvalue weighted by Gasteiger charge is 2.17. The third-order valence-electron chi connectivity index (χ3n) is 5.33. The standard InChI is InChI=1S/C24H23N7O/c1-16-21(28-17(2)32)4-3-5-22(16)29-23-26-15-27-24(30-23)31-12-10-20(11-13-31)19-8-6-18(14-25)7-9-19/h3-10,15H,11-13H2,1-2H3,(H,28,32)(H,26,27,29,30). The molecule has 4 rings (SSSR count). The summed E-state index contributed by atoms with van der Waals surface area (Å²) in [5.41, 5.74) is 5.51. The first-order valence-corrected chi connectivity index (χ1v) is 10.3. The van der Waals surface area contributed by atoms with Crippen molar-refractivity contribution in [3.63, 3.8) is 0 Å². The van der Waals surface area contributed by atoms with E-state index in [0.717, 1.165) is 35.5 Å². The number of nitriles is 1. The van der Waals surface area contributed by atoms with Gasteiger partial charge in [-0.05, 0) is 54.3 Å². The smallest absolute Gasteiger partial charge is 0.232 e. The number of amides is 1. The van der Waals surface area contributed by atoms with E-state index in [9.17, 15) is 4.79 Å². The molecule has 0 atom stereocenters. The van der Waals surface area contributed by atoms with Gasteiger partial charge < -0.3 is 15.5 Å². The Morgan fingerprint density at radius 3 is 2.59 bits per heavy atom. The number of nitrogens with one attached hydrogen (secondary N) is 2. The molecule has 3 aromatic rings. The maximum Gasteiger partial charge on any atom is 0.232 e. The fourth-order valence-corrected chi connectivity index (χ4v) is 3.59. The number of rotatable bonds is 5. The Balaban J connectivity index is 1.48. The van der Waals surface area contributed by atoms with Crippen LogP contribution < -0.4 is 15.5 Å². The largest absolute Gasteiger partial charge is 0.337 e. The zero-order chi connectivity index (χ0) is 22.5. The molecule has 2 aromatic carbocycles. The molecule has 8 nitrogen and oxygen atoms in total. The van der Waals surface area contributed by atoms with Crippen LogP contribution in [-0.2, 0) is 4.79 Å². The van der Waals surface area contributed by atoms with Crippen molar-refractivity contribution in [2.75, 3.05) is 28.6 Å². The molecular formula is C24H23N7O. The molecule has 8 heteroatoms. The summed E-state index contributed by atoms with van der Waals surface area (Å²) in [5, 5.41) is 15.0. The van der Waals surface area contributed by atoms with Gasteiger partial charge >= 0.3 is 0 Å². The number of hydrogen-bond acceptors (Lipinski definition) is 7. The SMILES string of the molecule is CC(=O)Nc1cccc(Nc2ncnc(N3CC=C(c4ccc(C#N)cc4)CC3)n2)c1C. The average Bonchev–Trinajstić information content (AvgIpc) is 2.82. The van der Waals surface area contributed by atoms with Crippen molar-refractivity contribution in [1.29, 1.82) is 5.26 Å². The van der Waals surface area contributed by atoms with E-state index in [-0.39, 0.29) is 5.91 Å². The Morgan fingerprint density at radius 1 is 1.12 bits per heavy atom. The lowest BCUT2D eigenvalue weighted by Gasteiger charge is -2.26. The number of hydrogen-bond donors (Lipinski definition) is 2. The van der Waals surface area contributed by atoms with Crippen molar-refractivity contribution >= 4 is 34.8 Å². The normalized spacial score (nSPS) is 13.2. The quantitative estimate of drug-likeness (QED) is 0.635. The van der Waals surface area contributed by atoms with E-state index in [1.807, 2.05) is 49.4 Å². The molecule has 1 aliphatic heterocycles. The van der Waals surface area contributed by atoms with E-state index in [2.05, 4.69) is 42.6 Å². The summed E-state index contributed by atoms with van der Waals surface area (Å²) in [7, 11) is 0. The molecule has 0 spiro atoms. The second-order valence-corrected chi connectivity index (χ2v) is 7.51. The molecule has 0 fully saturated rings. The van der Waals surface area contributed by atoms with Crippen LogP contribution in [0.5, 0.6) is 0 Å². The molecule has 0 radical (unpaired) electrons. The number of nitrogens with zero attached hydrogens (tertiary/aromatic N) is 5. The summed E-state index contributed by atoms with van der Waals surface area (Å²) in [4.78, 5) is 26.7. The highest BCUT2D eigenvalue weighted by Crippen LogP contribution is 2.27. The fourth-order valence-electron chi connectivity index (χ4n) is 3.59. The van der Waals surface area contributed by atoms with Crippen molar-refractivity contribution in [2.24, 2.45) is 0 Å². The van der Waals surface area contributed by atoms with Crippen molar-refractivity contribution in [3.8, 4) is 6.07 Å². The van der Waals surface area contributed by atoms with Crippen molar-refractivity contribution < 1.29 is 4.79 Å². The second-order valence-electron chi connectivity index (χ2n) is 7.51. The third kappa shape index (κ3) is 4.73. The molecule has 0 unspecified atom stereocenters. The highest BCUT2D eigenvalue weighted by molar-refractivity contribution is 5.90. The molecule has 1 amide bonds. The van der Waals surface area contributed by atoms with Gasteiger partial charge in [-0.3, -0.25) is 4.79 Å². The van der Waals surface area contributed by atoms with E-state index in [1.165, 1.54) is 18.8 Å². The maximum atomic E-state index is 11.4. The number of anilines is 4. The average molecular weight is 425 g/mol. The second kappa shape index (κ2) is 9.27. The Hall–Kier alpha value is -4.25. The first kappa shape index (κ1) is 21.0. The van der Waals surface area contributed by atoms with Gasteiger partial charge in [0.1, 0.15) is 6.33 Å². The molecule has 0 aliphatic carbocycles. The van der Waals surface area contributed by atoms with E-state index in [1.54, 1.807) is 0 Å². The topological polar surface area (TPSA) is 107 Å². The van der Waals surface area contributed by atoms with Gasteiger partial charge in [0.2, 0.25) is 17.8 Å². The summed E-state index contributed by atoms with van der Waals surface area (Å²) >= 11 is 0. The lowest BCUT2D eigenvalue weighted by molar-refractivity contribution is -0.114. The summed E-state index contributed by atoms with van der Waals surface area (Å²) in [6.07, 6.45) is 4.53. The summed E-state index contributed by atoms with van der Waals surface area (Å²) in [6.45, 7) is 4.88. The minimum Gasteiger partial charge on any atom is -0.337 e. The third-order valence-corrected chi connectivity index (χ3v) is 5.33. The molecule has 160 valence electrons. The van der Waals surface area contributed by atoms with Gasteiger partial charge in [-0.1, -0.05) is 24.3 Å². The van der Waals surface area contributed by atoms with Gasteiger partial charge in [-0.25, -0.2) is 9.97 Å². The van der Waals surface area contributed by atoms with Crippen LogP contribution in [0.25, 0.3) is 5.57 Å². The molecule has 0 bridgehead atoms. The highest BCUT2D eigenvalue weighted by atomic mass is 16.1.